The number of para-hydroxylation sites is 2. The normalized spacial score (nSPS) is 11.6. The molecular formula is C49H40N4O6. The minimum Gasteiger partial charge on any atom is -0.504 e. The Morgan fingerprint density at radius 3 is 1.88 bits per heavy atom. The lowest BCUT2D eigenvalue weighted by Crippen LogP contribution is -2.22. The maximum absolute atomic E-state index is 14.3. The standard InChI is InChI=1S/C49H40N4O6/c1-29-10-8-12-36(24-29)52-45(22-18-32-11-9-15-42(58-4)46(32)54)51-41-27-33(17-21-39(41)49(52)57)35-26-34(47(55)43(28-35)59-5)19-23-44-50-40-14-7-6-13-38(40)48(56)53(44)37-20-16-30(2)31(3)25-37/h6-28,54-55H,1-5H3/b22-18+,23-19+. The summed E-state index contributed by atoms with van der Waals surface area (Å²) >= 11 is 0. The van der Waals surface area contributed by atoms with Crippen molar-refractivity contribution >= 4 is 46.1 Å². The van der Waals surface area contributed by atoms with Gasteiger partial charge in [-0.15, -0.1) is 0 Å². The number of hydrogen-bond donors (Lipinski definition) is 2. The molecule has 2 N–H and O–H groups in total. The van der Waals surface area contributed by atoms with Crippen molar-refractivity contribution in [2.45, 2.75) is 20.8 Å². The van der Waals surface area contributed by atoms with Crippen molar-refractivity contribution < 1.29 is 19.7 Å². The number of aromatic hydroxyl groups is 2. The molecule has 0 saturated heterocycles. The van der Waals surface area contributed by atoms with E-state index in [1.807, 2.05) is 87.5 Å². The fraction of sp³-hybridized carbons (Fsp3) is 0.102. The predicted molar refractivity (Wildman–Crippen MR) is 235 cm³/mol. The molecule has 2 heterocycles. The number of nitrogens with zero attached hydrogens (tertiary/aromatic N) is 4. The molecule has 2 aromatic heterocycles. The number of aromatic nitrogens is 4. The van der Waals surface area contributed by atoms with Gasteiger partial charge in [-0.25, -0.2) is 9.97 Å². The third-order valence-electron chi connectivity index (χ3n) is 10.4. The first-order valence-electron chi connectivity index (χ1n) is 18.9. The van der Waals surface area contributed by atoms with E-state index in [1.165, 1.54) is 14.2 Å². The van der Waals surface area contributed by atoms with Gasteiger partial charge < -0.3 is 19.7 Å². The van der Waals surface area contributed by atoms with Crippen LogP contribution in [0.25, 0.3) is 68.6 Å². The molecular weight excluding hydrogens is 741 g/mol. The van der Waals surface area contributed by atoms with Crippen LogP contribution in [0.2, 0.25) is 0 Å². The Bertz CT molecular complexity index is 3140. The molecule has 10 heteroatoms. The van der Waals surface area contributed by atoms with Gasteiger partial charge in [-0.2, -0.15) is 0 Å². The summed E-state index contributed by atoms with van der Waals surface area (Å²) in [5.41, 5.74) is 7.22. The van der Waals surface area contributed by atoms with Gasteiger partial charge in [-0.05, 0) is 140 Å². The fourth-order valence-electron chi connectivity index (χ4n) is 7.13. The van der Waals surface area contributed by atoms with Gasteiger partial charge in [0, 0.05) is 11.1 Å². The van der Waals surface area contributed by atoms with Crippen molar-refractivity contribution in [3.8, 4) is 45.5 Å². The first-order chi connectivity index (χ1) is 28.5. The van der Waals surface area contributed by atoms with Gasteiger partial charge in [0.25, 0.3) is 11.1 Å². The van der Waals surface area contributed by atoms with Crippen LogP contribution in [-0.4, -0.2) is 43.5 Å². The number of methoxy groups -OCH3 is 2. The van der Waals surface area contributed by atoms with E-state index in [0.717, 1.165) is 16.7 Å². The largest absolute Gasteiger partial charge is 0.504 e. The summed E-state index contributed by atoms with van der Waals surface area (Å²) in [5.74, 6) is 1.14. The molecule has 0 bridgehead atoms. The van der Waals surface area contributed by atoms with Crippen LogP contribution in [0.4, 0.5) is 0 Å². The van der Waals surface area contributed by atoms with Crippen molar-refractivity contribution in [3.05, 3.63) is 175 Å². The second-order valence-corrected chi connectivity index (χ2v) is 14.3. The maximum Gasteiger partial charge on any atom is 0.266 e. The Hall–Kier alpha value is -7.72. The summed E-state index contributed by atoms with van der Waals surface area (Å²) in [6, 6.07) is 34.7. The first-order valence-corrected chi connectivity index (χ1v) is 18.9. The zero-order valence-electron chi connectivity index (χ0n) is 33.1. The number of ether oxygens (including phenoxy) is 2. The minimum absolute atomic E-state index is 0.0326. The molecule has 0 aliphatic rings. The second kappa shape index (κ2) is 15.7. The van der Waals surface area contributed by atoms with E-state index in [0.29, 0.717) is 72.8 Å². The zero-order chi connectivity index (χ0) is 41.4. The average Bonchev–Trinajstić information content (AvgIpc) is 3.24. The van der Waals surface area contributed by atoms with Crippen LogP contribution < -0.4 is 20.6 Å². The Morgan fingerprint density at radius 1 is 0.525 bits per heavy atom. The van der Waals surface area contributed by atoms with Crippen molar-refractivity contribution in [1.82, 2.24) is 19.1 Å². The van der Waals surface area contributed by atoms with Gasteiger partial charge in [-0.3, -0.25) is 18.7 Å². The summed E-state index contributed by atoms with van der Waals surface area (Å²) in [4.78, 5) is 38.1. The fourth-order valence-corrected chi connectivity index (χ4v) is 7.13. The summed E-state index contributed by atoms with van der Waals surface area (Å²) in [6.45, 7) is 5.97. The Balaban J connectivity index is 1.26. The molecule has 8 rings (SSSR count). The molecule has 0 unspecified atom stereocenters. The molecule has 0 aliphatic carbocycles. The van der Waals surface area contributed by atoms with Crippen molar-refractivity contribution in [3.63, 3.8) is 0 Å². The number of phenols is 2. The molecule has 0 aliphatic heterocycles. The van der Waals surface area contributed by atoms with Crippen LogP contribution >= 0.6 is 0 Å². The lowest BCUT2D eigenvalue weighted by atomic mass is 10.00. The van der Waals surface area contributed by atoms with E-state index in [9.17, 15) is 19.8 Å². The lowest BCUT2D eigenvalue weighted by molar-refractivity contribution is 0.373. The third kappa shape index (κ3) is 7.23. The average molecular weight is 781 g/mol. The van der Waals surface area contributed by atoms with E-state index >= 15 is 0 Å². The highest BCUT2D eigenvalue weighted by Crippen LogP contribution is 2.37. The van der Waals surface area contributed by atoms with Crippen LogP contribution in [0.3, 0.4) is 0 Å². The highest BCUT2D eigenvalue weighted by atomic mass is 16.5. The van der Waals surface area contributed by atoms with E-state index in [2.05, 4.69) is 0 Å². The highest BCUT2D eigenvalue weighted by molar-refractivity contribution is 5.87. The van der Waals surface area contributed by atoms with E-state index in [1.54, 1.807) is 82.0 Å². The molecule has 8 aromatic rings. The molecule has 59 heavy (non-hydrogen) atoms. The number of rotatable bonds is 9. The van der Waals surface area contributed by atoms with Gasteiger partial charge in [-0.1, -0.05) is 48.5 Å². The van der Waals surface area contributed by atoms with Crippen molar-refractivity contribution in [1.29, 1.82) is 0 Å². The zero-order valence-corrected chi connectivity index (χ0v) is 33.1. The number of aryl methyl sites for hydroxylation is 3. The van der Waals surface area contributed by atoms with Gasteiger partial charge >= 0.3 is 0 Å². The molecule has 6 aromatic carbocycles. The van der Waals surface area contributed by atoms with Gasteiger partial charge in [0.15, 0.2) is 23.0 Å². The van der Waals surface area contributed by atoms with Crippen LogP contribution in [0.5, 0.6) is 23.0 Å². The molecule has 0 amide bonds. The topological polar surface area (TPSA) is 129 Å². The molecule has 0 fully saturated rings. The maximum atomic E-state index is 14.3. The SMILES string of the molecule is COc1cccc(/C=C/c2nc3cc(-c4cc(/C=C/c5nc6ccccc6c(=O)n5-c5ccc(C)c(C)c5)c(O)c(OC)c4)ccc3c(=O)n2-c2cccc(C)c2)c1O. The molecule has 10 nitrogen and oxygen atoms in total. The summed E-state index contributed by atoms with van der Waals surface area (Å²) in [7, 11) is 2.96. The Morgan fingerprint density at radius 2 is 1.17 bits per heavy atom. The highest BCUT2D eigenvalue weighted by Gasteiger charge is 2.17. The summed E-state index contributed by atoms with van der Waals surface area (Å²) in [6.07, 6.45) is 6.78. The number of hydrogen-bond acceptors (Lipinski definition) is 8. The minimum atomic E-state index is -0.272. The Kier molecular flexibility index (Phi) is 10.1. The lowest BCUT2D eigenvalue weighted by Gasteiger charge is -2.14. The Labute approximate surface area is 339 Å². The predicted octanol–water partition coefficient (Wildman–Crippen LogP) is 9.45. The van der Waals surface area contributed by atoms with Crippen LogP contribution in [0.15, 0.2) is 125 Å². The van der Waals surface area contributed by atoms with Gasteiger partial charge in [0.2, 0.25) is 0 Å². The molecule has 0 radical (unpaired) electrons. The first kappa shape index (κ1) is 38.2. The van der Waals surface area contributed by atoms with Gasteiger partial charge in [0.05, 0.1) is 47.4 Å². The number of fused-ring (bicyclic) bond motifs is 2. The summed E-state index contributed by atoms with van der Waals surface area (Å²) < 4.78 is 14.1. The monoisotopic (exact) mass is 780 g/mol. The van der Waals surface area contributed by atoms with Crippen molar-refractivity contribution in [2.24, 2.45) is 0 Å². The molecule has 0 atom stereocenters. The molecule has 0 spiro atoms. The molecule has 292 valence electrons. The van der Waals surface area contributed by atoms with E-state index in [4.69, 9.17) is 19.4 Å². The number of phenolic OH excluding ortho intramolecular Hbond substituents is 2. The van der Waals surface area contributed by atoms with Crippen LogP contribution in [0.1, 0.15) is 39.5 Å². The number of benzene rings is 6. The van der Waals surface area contributed by atoms with E-state index < -0.39 is 0 Å². The van der Waals surface area contributed by atoms with Gasteiger partial charge in [0.1, 0.15) is 11.6 Å². The molecule has 0 saturated carbocycles. The second-order valence-electron chi connectivity index (χ2n) is 14.3. The third-order valence-corrected chi connectivity index (χ3v) is 10.4. The van der Waals surface area contributed by atoms with E-state index in [-0.39, 0.29) is 28.4 Å². The smallest absolute Gasteiger partial charge is 0.266 e. The van der Waals surface area contributed by atoms with Crippen LogP contribution in [-0.2, 0) is 0 Å². The van der Waals surface area contributed by atoms with Crippen LogP contribution in [0, 0.1) is 20.8 Å². The van der Waals surface area contributed by atoms with Crippen molar-refractivity contribution in [2.75, 3.05) is 14.2 Å². The summed E-state index contributed by atoms with van der Waals surface area (Å²) in [5, 5.41) is 23.0. The quantitative estimate of drug-likeness (QED) is 0.148.